The van der Waals surface area contributed by atoms with Gasteiger partial charge in [-0.2, -0.15) is 0 Å². The van der Waals surface area contributed by atoms with Crippen LogP contribution in [0.15, 0.2) is 12.4 Å². The summed E-state index contributed by atoms with van der Waals surface area (Å²) in [7, 11) is 1.77. The van der Waals surface area contributed by atoms with E-state index >= 15 is 0 Å². The molecule has 0 aliphatic carbocycles. The van der Waals surface area contributed by atoms with Gasteiger partial charge in [-0.15, -0.1) is 0 Å². The van der Waals surface area contributed by atoms with Crippen LogP contribution in [0.2, 0.25) is 0 Å². The first-order valence-corrected chi connectivity index (χ1v) is 3.93. The smallest absolute Gasteiger partial charge is 0.108 e. The fraction of sp³-hybridized carbons (Fsp3) is 0.625. The van der Waals surface area contributed by atoms with Gasteiger partial charge in [-0.3, -0.25) is 0 Å². The summed E-state index contributed by atoms with van der Waals surface area (Å²) in [6.07, 6.45) is 6.41. The predicted octanol–water partition coefficient (Wildman–Crippen LogP) is 0.844. The van der Waals surface area contributed by atoms with Crippen molar-refractivity contribution in [3.63, 3.8) is 0 Å². The maximum Gasteiger partial charge on any atom is 0.108 e. The number of nitrogens with zero attached hydrogens (tertiary/aromatic N) is 2. The monoisotopic (exact) mass is 152 g/mol. The zero-order valence-electron chi connectivity index (χ0n) is 6.66. The zero-order valence-corrected chi connectivity index (χ0v) is 6.66. The standard InChI is InChI=1S/C8H12N2O/c1-11-7-2-3-8-9-4-5-10(8)6-7/h4-5,7H,2-3,6H2,1H3/t7-/m1/s1. The van der Waals surface area contributed by atoms with Crippen molar-refractivity contribution in [2.24, 2.45) is 0 Å². The third kappa shape index (κ3) is 1.16. The lowest BCUT2D eigenvalue weighted by Gasteiger charge is -2.21. The minimum atomic E-state index is 0.386. The molecule has 1 aromatic rings. The molecule has 0 unspecified atom stereocenters. The Morgan fingerprint density at radius 2 is 2.64 bits per heavy atom. The number of methoxy groups -OCH3 is 1. The van der Waals surface area contributed by atoms with Crippen molar-refractivity contribution in [2.45, 2.75) is 25.5 Å². The highest BCUT2D eigenvalue weighted by Crippen LogP contribution is 2.14. The van der Waals surface area contributed by atoms with Gasteiger partial charge in [0.2, 0.25) is 0 Å². The Bertz CT molecular complexity index is 244. The summed E-state index contributed by atoms with van der Waals surface area (Å²) in [6.45, 7) is 0.964. The Labute approximate surface area is 66.0 Å². The van der Waals surface area contributed by atoms with Gasteiger partial charge < -0.3 is 9.30 Å². The summed E-state index contributed by atoms with van der Waals surface area (Å²) in [6, 6.07) is 0. The molecule has 1 aliphatic heterocycles. The van der Waals surface area contributed by atoms with E-state index in [-0.39, 0.29) is 0 Å². The van der Waals surface area contributed by atoms with Crippen LogP contribution in [-0.2, 0) is 17.7 Å². The number of ether oxygens (including phenoxy) is 1. The van der Waals surface area contributed by atoms with Gasteiger partial charge in [-0.1, -0.05) is 0 Å². The molecule has 1 atom stereocenters. The number of hydrogen-bond acceptors (Lipinski definition) is 2. The number of imidazole rings is 1. The fourth-order valence-corrected chi connectivity index (χ4v) is 1.53. The summed E-state index contributed by atoms with van der Waals surface area (Å²) >= 11 is 0. The van der Waals surface area contributed by atoms with E-state index in [0.717, 1.165) is 19.4 Å². The summed E-state index contributed by atoms with van der Waals surface area (Å²) in [5, 5.41) is 0. The molecule has 0 N–H and O–H groups in total. The highest BCUT2D eigenvalue weighted by molar-refractivity contribution is 4.96. The van der Waals surface area contributed by atoms with Crippen LogP contribution < -0.4 is 0 Å². The maximum absolute atomic E-state index is 5.27. The van der Waals surface area contributed by atoms with Gasteiger partial charge in [0.05, 0.1) is 12.6 Å². The van der Waals surface area contributed by atoms with E-state index in [0.29, 0.717) is 6.10 Å². The van der Waals surface area contributed by atoms with Crippen molar-refractivity contribution in [1.29, 1.82) is 0 Å². The lowest BCUT2D eigenvalue weighted by atomic mass is 10.1. The Morgan fingerprint density at radius 1 is 1.73 bits per heavy atom. The fourth-order valence-electron chi connectivity index (χ4n) is 1.53. The van der Waals surface area contributed by atoms with E-state index in [9.17, 15) is 0 Å². The summed E-state index contributed by atoms with van der Waals surface area (Å²) in [5.41, 5.74) is 0. The summed E-state index contributed by atoms with van der Waals surface area (Å²) in [5.74, 6) is 1.19. The van der Waals surface area contributed by atoms with E-state index in [1.54, 1.807) is 7.11 Å². The molecule has 3 nitrogen and oxygen atoms in total. The molecule has 1 aliphatic rings. The minimum absolute atomic E-state index is 0.386. The predicted molar refractivity (Wildman–Crippen MR) is 41.3 cm³/mol. The van der Waals surface area contributed by atoms with Gasteiger partial charge in [0.15, 0.2) is 0 Å². The Kier molecular flexibility index (Phi) is 1.66. The van der Waals surface area contributed by atoms with Crippen molar-refractivity contribution < 1.29 is 4.74 Å². The lowest BCUT2D eigenvalue weighted by Crippen LogP contribution is -2.25. The van der Waals surface area contributed by atoms with Crippen molar-refractivity contribution >= 4 is 0 Å². The number of aryl methyl sites for hydroxylation is 1. The van der Waals surface area contributed by atoms with Crippen molar-refractivity contribution in [3.05, 3.63) is 18.2 Å². The quantitative estimate of drug-likeness (QED) is 0.596. The van der Waals surface area contributed by atoms with Crippen LogP contribution in [0.4, 0.5) is 0 Å². The number of fused-ring (bicyclic) bond motifs is 1. The Balaban J connectivity index is 2.18. The van der Waals surface area contributed by atoms with Crippen LogP contribution in [0.5, 0.6) is 0 Å². The Morgan fingerprint density at radius 3 is 3.45 bits per heavy atom. The second-order valence-electron chi connectivity index (χ2n) is 2.89. The third-order valence-electron chi connectivity index (χ3n) is 2.23. The molecule has 11 heavy (non-hydrogen) atoms. The molecule has 1 aromatic heterocycles. The molecule has 0 bridgehead atoms. The number of hydrogen-bond donors (Lipinski definition) is 0. The van der Waals surface area contributed by atoms with Gasteiger partial charge in [0, 0.05) is 25.9 Å². The van der Waals surface area contributed by atoms with E-state index < -0.39 is 0 Å². The van der Waals surface area contributed by atoms with Crippen LogP contribution >= 0.6 is 0 Å². The summed E-state index contributed by atoms with van der Waals surface area (Å²) in [4.78, 5) is 4.23. The lowest BCUT2D eigenvalue weighted by molar-refractivity contribution is 0.0706. The highest BCUT2D eigenvalue weighted by atomic mass is 16.5. The van der Waals surface area contributed by atoms with Crippen LogP contribution in [0.3, 0.4) is 0 Å². The molecule has 60 valence electrons. The highest BCUT2D eigenvalue weighted by Gasteiger charge is 2.17. The molecule has 0 saturated heterocycles. The molecule has 3 heteroatoms. The molecular weight excluding hydrogens is 140 g/mol. The van der Waals surface area contributed by atoms with Gasteiger partial charge in [0.25, 0.3) is 0 Å². The molecule has 2 heterocycles. The summed E-state index contributed by atoms with van der Waals surface area (Å²) < 4.78 is 7.43. The molecule has 0 saturated carbocycles. The van der Waals surface area contributed by atoms with Gasteiger partial charge >= 0.3 is 0 Å². The molecular formula is C8H12N2O. The van der Waals surface area contributed by atoms with Crippen molar-refractivity contribution in [1.82, 2.24) is 9.55 Å². The van der Waals surface area contributed by atoms with Crippen LogP contribution in [0, 0.1) is 0 Å². The topological polar surface area (TPSA) is 27.1 Å². The molecule has 0 aromatic carbocycles. The van der Waals surface area contributed by atoms with Crippen molar-refractivity contribution in [2.75, 3.05) is 7.11 Å². The first-order valence-electron chi connectivity index (χ1n) is 3.93. The normalized spacial score (nSPS) is 23.2. The van der Waals surface area contributed by atoms with Crippen LogP contribution in [0.1, 0.15) is 12.2 Å². The minimum Gasteiger partial charge on any atom is -0.380 e. The first kappa shape index (κ1) is 6.85. The van der Waals surface area contributed by atoms with Gasteiger partial charge in [-0.05, 0) is 6.42 Å². The van der Waals surface area contributed by atoms with Crippen LogP contribution in [0.25, 0.3) is 0 Å². The molecule has 0 amide bonds. The molecule has 0 fully saturated rings. The largest absolute Gasteiger partial charge is 0.380 e. The van der Waals surface area contributed by atoms with Gasteiger partial charge in [-0.25, -0.2) is 4.98 Å². The first-order chi connectivity index (χ1) is 5.40. The average Bonchev–Trinajstić information content (AvgIpc) is 2.50. The molecule has 0 spiro atoms. The van der Waals surface area contributed by atoms with E-state index in [1.165, 1.54) is 5.82 Å². The third-order valence-corrected chi connectivity index (χ3v) is 2.23. The molecule has 2 rings (SSSR count). The van der Waals surface area contributed by atoms with E-state index in [1.807, 2.05) is 12.4 Å². The number of rotatable bonds is 1. The second kappa shape index (κ2) is 2.66. The van der Waals surface area contributed by atoms with Crippen LogP contribution in [-0.4, -0.2) is 22.8 Å². The Hall–Kier alpha value is -0.830. The van der Waals surface area contributed by atoms with E-state index in [2.05, 4.69) is 9.55 Å². The van der Waals surface area contributed by atoms with E-state index in [4.69, 9.17) is 4.74 Å². The molecule has 0 radical (unpaired) electrons. The second-order valence-corrected chi connectivity index (χ2v) is 2.89. The maximum atomic E-state index is 5.27. The van der Waals surface area contributed by atoms with Crippen molar-refractivity contribution in [3.8, 4) is 0 Å². The average molecular weight is 152 g/mol. The zero-order chi connectivity index (χ0) is 7.68. The SMILES string of the molecule is CO[C@@H]1CCc2nccn2C1. The van der Waals surface area contributed by atoms with Gasteiger partial charge in [0.1, 0.15) is 5.82 Å². The number of aromatic nitrogens is 2.